The Kier molecular flexibility index (Phi) is 5.80. The Morgan fingerprint density at radius 2 is 2.11 bits per heavy atom. The van der Waals surface area contributed by atoms with Gasteiger partial charge in [-0.2, -0.15) is 0 Å². The SMILES string of the molecule is CCCNC(C1=CCCCO1)c1ccc(SC)cc1. The van der Waals surface area contributed by atoms with E-state index in [9.17, 15) is 0 Å². The van der Waals surface area contributed by atoms with Gasteiger partial charge in [0.1, 0.15) is 5.76 Å². The maximum Gasteiger partial charge on any atom is 0.113 e. The number of benzene rings is 1. The van der Waals surface area contributed by atoms with E-state index in [4.69, 9.17) is 4.74 Å². The van der Waals surface area contributed by atoms with Gasteiger partial charge in [-0.1, -0.05) is 19.1 Å². The van der Waals surface area contributed by atoms with Crippen molar-refractivity contribution in [2.45, 2.75) is 37.1 Å². The predicted molar refractivity (Wildman–Crippen MR) is 82.5 cm³/mol. The van der Waals surface area contributed by atoms with E-state index < -0.39 is 0 Å². The normalized spacial score (nSPS) is 16.6. The van der Waals surface area contributed by atoms with E-state index in [1.54, 1.807) is 11.8 Å². The van der Waals surface area contributed by atoms with Crippen LogP contribution < -0.4 is 5.32 Å². The van der Waals surface area contributed by atoms with Crippen molar-refractivity contribution in [3.8, 4) is 0 Å². The monoisotopic (exact) mass is 277 g/mol. The predicted octanol–water partition coefficient (Wildman–Crippen LogP) is 4.14. The lowest BCUT2D eigenvalue weighted by Gasteiger charge is -2.25. The second kappa shape index (κ2) is 7.61. The average Bonchev–Trinajstić information content (AvgIpc) is 2.49. The number of thioether (sulfide) groups is 1. The molecule has 1 aliphatic heterocycles. The third-order valence-electron chi connectivity index (χ3n) is 3.29. The lowest BCUT2D eigenvalue weighted by atomic mass is 10.0. The van der Waals surface area contributed by atoms with Crippen molar-refractivity contribution in [1.82, 2.24) is 5.32 Å². The molecule has 0 fully saturated rings. The summed E-state index contributed by atoms with van der Waals surface area (Å²) >= 11 is 1.78. The van der Waals surface area contributed by atoms with Crippen molar-refractivity contribution in [1.29, 1.82) is 0 Å². The molecule has 0 aliphatic carbocycles. The quantitative estimate of drug-likeness (QED) is 0.790. The Morgan fingerprint density at radius 3 is 2.68 bits per heavy atom. The summed E-state index contributed by atoms with van der Waals surface area (Å²) in [6.45, 7) is 4.05. The van der Waals surface area contributed by atoms with Crippen LogP contribution in [-0.4, -0.2) is 19.4 Å². The largest absolute Gasteiger partial charge is 0.496 e. The van der Waals surface area contributed by atoms with E-state index >= 15 is 0 Å². The molecule has 1 aromatic carbocycles. The van der Waals surface area contributed by atoms with Crippen LogP contribution in [-0.2, 0) is 4.74 Å². The van der Waals surface area contributed by atoms with Gasteiger partial charge in [0.2, 0.25) is 0 Å². The van der Waals surface area contributed by atoms with Gasteiger partial charge in [0.25, 0.3) is 0 Å². The minimum atomic E-state index is 0.205. The Bertz CT molecular complexity index is 413. The second-order valence-corrected chi connectivity index (χ2v) is 5.64. The molecule has 1 heterocycles. The highest BCUT2D eigenvalue weighted by molar-refractivity contribution is 7.98. The molecule has 0 aromatic heterocycles. The fraction of sp³-hybridized carbons (Fsp3) is 0.500. The number of hydrogen-bond acceptors (Lipinski definition) is 3. The molecule has 2 nitrogen and oxygen atoms in total. The molecule has 1 N–H and O–H groups in total. The molecule has 0 bridgehead atoms. The van der Waals surface area contributed by atoms with Crippen molar-refractivity contribution in [2.75, 3.05) is 19.4 Å². The lowest BCUT2D eigenvalue weighted by molar-refractivity contribution is 0.167. The van der Waals surface area contributed by atoms with Gasteiger partial charge in [0.05, 0.1) is 12.6 Å². The maximum absolute atomic E-state index is 5.84. The van der Waals surface area contributed by atoms with E-state index in [1.807, 2.05) is 0 Å². The molecule has 2 rings (SSSR count). The van der Waals surface area contributed by atoms with Crippen molar-refractivity contribution in [3.63, 3.8) is 0 Å². The van der Waals surface area contributed by atoms with Crippen LogP contribution in [0.4, 0.5) is 0 Å². The summed E-state index contributed by atoms with van der Waals surface area (Å²) in [4.78, 5) is 1.30. The number of allylic oxidation sites excluding steroid dienone is 1. The molecule has 1 unspecified atom stereocenters. The van der Waals surface area contributed by atoms with E-state index in [1.165, 1.54) is 10.5 Å². The van der Waals surface area contributed by atoms with Gasteiger partial charge in [0.15, 0.2) is 0 Å². The standard InChI is InChI=1S/C16H23NOS/c1-3-11-17-16(15-6-4-5-12-18-15)13-7-9-14(19-2)10-8-13/h6-10,16-17H,3-5,11-12H2,1-2H3. The molecule has 1 atom stereocenters. The van der Waals surface area contributed by atoms with Gasteiger partial charge >= 0.3 is 0 Å². The van der Waals surface area contributed by atoms with Crippen molar-refractivity contribution >= 4 is 11.8 Å². The molecule has 0 saturated carbocycles. The summed E-state index contributed by atoms with van der Waals surface area (Å²) in [6.07, 6.45) is 7.73. The van der Waals surface area contributed by atoms with Crippen LogP contribution in [0.2, 0.25) is 0 Å². The minimum Gasteiger partial charge on any atom is -0.496 e. The minimum absolute atomic E-state index is 0.205. The Morgan fingerprint density at radius 1 is 1.32 bits per heavy atom. The Labute approximate surface area is 120 Å². The molecule has 19 heavy (non-hydrogen) atoms. The highest BCUT2D eigenvalue weighted by Crippen LogP contribution is 2.27. The molecule has 0 radical (unpaired) electrons. The summed E-state index contributed by atoms with van der Waals surface area (Å²) in [5.74, 6) is 1.09. The summed E-state index contributed by atoms with van der Waals surface area (Å²) in [5.41, 5.74) is 1.29. The van der Waals surface area contributed by atoms with Crippen LogP contribution in [0.15, 0.2) is 41.0 Å². The molecule has 104 valence electrons. The summed E-state index contributed by atoms with van der Waals surface area (Å²) in [7, 11) is 0. The van der Waals surface area contributed by atoms with Crippen molar-refractivity contribution in [3.05, 3.63) is 41.7 Å². The van der Waals surface area contributed by atoms with E-state index in [2.05, 4.69) is 48.8 Å². The molecular weight excluding hydrogens is 254 g/mol. The van der Waals surface area contributed by atoms with Crippen LogP contribution in [0.1, 0.15) is 37.8 Å². The smallest absolute Gasteiger partial charge is 0.113 e. The van der Waals surface area contributed by atoms with E-state index in [-0.39, 0.29) is 6.04 Å². The zero-order valence-electron chi connectivity index (χ0n) is 11.8. The first-order valence-corrected chi connectivity index (χ1v) is 8.27. The maximum atomic E-state index is 5.84. The third-order valence-corrected chi connectivity index (χ3v) is 4.04. The highest BCUT2D eigenvalue weighted by atomic mass is 32.2. The zero-order chi connectivity index (χ0) is 13.5. The van der Waals surface area contributed by atoms with Crippen LogP contribution >= 0.6 is 11.8 Å². The number of ether oxygens (including phenoxy) is 1. The first-order chi connectivity index (χ1) is 9.35. The molecule has 3 heteroatoms. The molecule has 0 saturated heterocycles. The molecule has 0 amide bonds. The van der Waals surface area contributed by atoms with Crippen LogP contribution in [0.25, 0.3) is 0 Å². The lowest BCUT2D eigenvalue weighted by Crippen LogP contribution is -2.26. The zero-order valence-corrected chi connectivity index (χ0v) is 12.6. The Hall–Kier alpha value is -0.930. The van der Waals surface area contributed by atoms with Crippen LogP contribution in [0.5, 0.6) is 0 Å². The Balaban J connectivity index is 2.17. The number of rotatable bonds is 6. The van der Waals surface area contributed by atoms with Gasteiger partial charge in [0, 0.05) is 4.90 Å². The first kappa shape index (κ1) is 14.5. The molecule has 1 aliphatic rings. The number of nitrogens with one attached hydrogen (secondary N) is 1. The van der Waals surface area contributed by atoms with Crippen LogP contribution in [0, 0.1) is 0 Å². The highest BCUT2D eigenvalue weighted by Gasteiger charge is 2.19. The van der Waals surface area contributed by atoms with Gasteiger partial charge in [-0.05, 0) is 55.8 Å². The topological polar surface area (TPSA) is 21.3 Å². The number of hydrogen-bond donors (Lipinski definition) is 1. The molecule has 0 spiro atoms. The van der Waals surface area contributed by atoms with E-state index in [0.29, 0.717) is 0 Å². The van der Waals surface area contributed by atoms with Crippen molar-refractivity contribution in [2.24, 2.45) is 0 Å². The van der Waals surface area contributed by atoms with E-state index in [0.717, 1.165) is 38.2 Å². The summed E-state index contributed by atoms with van der Waals surface area (Å²) in [6, 6.07) is 8.99. The van der Waals surface area contributed by atoms with Gasteiger partial charge < -0.3 is 10.1 Å². The second-order valence-electron chi connectivity index (χ2n) is 4.76. The van der Waals surface area contributed by atoms with Crippen molar-refractivity contribution < 1.29 is 4.74 Å². The molecular formula is C16H23NOS. The first-order valence-electron chi connectivity index (χ1n) is 7.05. The fourth-order valence-electron chi connectivity index (χ4n) is 2.25. The van der Waals surface area contributed by atoms with Crippen LogP contribution in [0.3, 0.4) is 0 Å². The van der Waals surface area contributed by atoms with Gasteiger partial charge in [-0.25, -0.2) is 0 Å². The summed E-state index contributed by atoms with van der Waals surface area (Å²) in [5, 5.41) is 3.59. The van der Waals surface area contributed by atoms with Gasteiger partial charge in [-0.3, -0.25) is 0 Å². The third kappa shape index (κ3) is 4.02. The van der Waals surface area contributed by atoms with Gasteiger partial charge in [-0.15, -0.1) is 11.8 Å². The average molecular weight is 277 g/mol. The summed E-state index contributed by atoms with van der Waals surface area (Å²) < 4.78 is 5.84. The molecule has 1 aromatic rings. The fourth-order valence-corrected chi connectivity index (χ4v) is 2.65.